The second kappa shape index (κ2) is 11.5. The Morgan fingerprint density at radius 1 is 1.02 bits per heavy atom. The van der Waals surface area contributed by atoms with Gasteiger partial charge in [-0.25, -0.2) is 0 Å². The lowest BCUT2D eigenvalue weighted by Gasteiger charge is -2.58. The lowest BCUT2D eigenvalue weighted by atomic mass is 9.22. The van der Waals surface area contributed by atoms with E-state index in [1.807, 2.05) is 65.3 Å². The monoisotopic (exact) mass is 548 g/mol. The van der Waals surface area contributed by atoms with Crippen molar-refractivity contribution in [3.63, 3.8) is 0 Å². The van der Waals surface area contributed by atoms with Gasteiger partial charge in [0.25, 0.3) is 5.91 Å². The van der Waals surface area contributed by atoms with Crippen LogP contribution in [-0.4, -0.2) is 122 Å². The predicted octanol–water partition coefficient (Wildman–Crippen LogP) is -5.00. The molecule has 1 fully saturated rings. The summed E-state index contributed by atoms with van der Waals surface area (Å²) in [5, 5.41) is 3.72. The van der Waals surface area contributed by atoms with Gasteiger partial charge in [-0.15, -0.1) is 0 Å². The van der Waals surface area contributed by atoms with Gasteiger partial charge in [-0.05, 0) is 34.0 Å². The van der Waals surface area contributed by atoms with Gasteiger partial charge in [0, 0.05) is 49.8 Å². The Hall–Kier alpha value is -2.78. The van der Waals surface area contributed by atoms with Crippen molar-refractivity contribution in [2.45, 2.75) is 34.3 Å². The summed E-state index contributed by atoms with van der Waals surface area (Å²) in [6, 6.07) is 14.3. The summed E-state index contributed by atoms with van der Waals surface area (Å²) in [6.45, 7) is 4.99. The van der Waals surface area contributed by atoms with Gasteiger partial charge in [0.1, 0.15) is 61.2 Å². The number of benzene rings is 2. The first-order valence-electron chi connectivity index (χ1n) is 14.5. The molecule has 8 nitrogen and oxygen atoms in total. The van der Waals surface area contributed by atoms with E-state index in [0.717, 1.165) is 55.9 Å². The number of likely N-dealkylation sites (N-methyl/N-ethyl adjacent to an activating group) is 1. The van der Waals surface area contributed by atoms with Crippen molar-refractivity contribution >= 4 is 78.7 Å². The van der Waals surface area contributed by atoms with Crippen LogP contribution in [0.4, 0.5) is 5.69 Å². The Bertz CT molecular complexity index is 1320. The Balaban J connectivity index is 1.63. The molecule has 2 aromatic carbocycles. The number of nitrogens with one attached hydrogen (secondary N) is 2. The summed E-state index contributed by atoms with van der Waals surface area (Å²) in [5.74, 6) is -0.527. The van der Waals surface area contributed by atoms with Crippen molar-refractivity contribution < 1.29 is 19.1 Å². The number of ether oxygens (including phenoxy) is 1. The number of anilines is 1. The first-order chi connectivity index (χ1) is 19.2. The summed E-state index contributed by atoms with van der Waals surface area (Å²) in [6.07, 6.45) is 0.883. The van der Waals surface area contributed by atoms with Crippen molar-refractivity contribution in [1.29, 1.82) is 0 Å². The van der Waals surface area contributed by atoms with Gasteiger partial charge in [0.05, 0.1) is 18.7 Å². The molecule has 0 bridgehead atoms. The smallest absolute Gasteiger partial charge is 0.253 e. The Kier molecular flexibility index (Phi) is 8.73. The van der Waals surface area contributed by atoms with E-state index < -0.39 is 21.2 Å². The lowest BCUT2D eigenvalue weighted by molar-refractivity contribution is -0.129. The van der Waals surface area contributed by atoms with Gasteiger partial charge < -0.3 is 25.1 Å². The molecule has 41 heavy (non-hydrogen) atoms. The minimum atomic E-state index is -1.33. The molecule has 2 aromatic rings. The predicted molar refractivity (Wildman–Crippen MR) is 182 cm³/mol. The third-order valence-corrected chi connectivity index (χ3v) is 9.92. The minimum Gasteiger partial charge on any atom is -0.381 e. The number of morpholine rings is 1. The van der Waals surface area contributed by atoms with E-state index in [9.17, 15) is 14.4 Å². The first-order valence-corrected chi connectivity index (χ1v) is 14.5. The summed E-state index contributed by atoms with van der Waals surface area (Å²) in [4.78, 5) is 44.3. The highest BCUT2D eigenvalue weighted by Crippen LogP contribution is 2.55. The van der Waals surface area contributed by atoms with Gasteiger partial charge in [0.15, 0.2) is 0 Å². The van der Waals surface area contributed by atoms with Crippen LogP contribution in [0.1, 0.15) is 27.0 Å². The van der Waals surface area contributed by atoms with Crippen molar-refractivity contribution in [1.82, 2.24) is 15.1 Å². The molecule has 2 N–H and O–H groups in total. The fourth-order valence-corrected chi connectivity index (χ4v) is 6.45. The Morgan fingerprint density at radius 2 is 1.63 bits per heavy atom. The van der Waals surface area contributed by atoms with Crippen molar-refractivity contribution in [2.75, 3.05) is 38.7 Å². The van der Waals surface area contributed by atoms with Gasteiger partial charge in [-0.2, -0.15) is 0 Å². The molecular formula is C26H39B7N4O4. The van der Waals surface area contributed by atoms with E-state index in [4.69, 9.17) is 4.74 Å². The SMILES string of the molecule is BC1(B)c2c(NCc3ccc(CN4CCOCC4)cc3)cccc2C(=O)N1C(B)(C(=O)NC)C(B)(B)C(B)(B)C=O. The van der Waals surface area contributed by atoms with Crippen molar-refractivity contribution in [3.8, 4) is 0 Å². The fraction of sp³-hybridized carbons (Fsp3) is 0.423. The van der Waals surface area contributed by atoms with Crippen LogP contribution in [-0.2, 0) is 32.8 Å². The quantitative estimate of drug-likeness (QED) is 0.229. The maximum atomic E-state index is 14.2. The van der Waals surface area contributed by atoms with Gasteiger partial charge in [0.2, 0.25) is 5.91 Å². The van der Waals surface area contributed by atoms with E-state index in [1.54, 1.807) is 19.8 Å². The lowest BCUT2D eigenvalue weighted by Crippen LogP contribution is -2.73. The van der Waals surface area contributed by atoms with E-state index in [-0.39, 0.29) is 11.8 Å². The van der Waals surface area contributed by atoms with E-state index in [1.165, 1.54) is 5.56 Å². The molecule has 1 unspecified atom stereocenters. The zero-order chi connectivity index (χ0) is 30.2. The number of fused-ring (bicyclic) bond motifs is 1. The summed E-state index contributed by atoms with van der Waals surface area (Å²) in [5.41, 5.74) is 3.34. The molecule has 2 aliphatic rings. The standard InChI is InChI=1S/C26H39B7N4O4/c1-34-22(40)24(29,26(32,33)23(27,28)15-38)37-21(39)18-3-2-4-19(20(18)25(37,30)31)35-13-16-5-7-17(8-6-16)14-36-9-11-41-12-10-36/h2-8,15,35H,9-14,27-33H2,1H3,(H,34,40). The number of carbonyl (C=O) groups is 3. The first kappa shape index (κ1) is 31.2. The van der Waals surface area contributed by atoms with Gasteiger partial charge in [-0.1, -0.05) is 35.5 Å². The molecule has 1 atom stereocenters. The Labute approximate surface area is 250 Å². The third kappa shape index (κ3) is 5.31. The minimum absolute atomic E-state index is 0.220. The molecule has 2 aliphatic heterocycles. The van der Waals surface area contributed by atoms with Gasteiger partial charge >= 0.3 is 0 Å². The molecule has 0 radical (unpaired) electrons. The van der Waals surface area contributed by atoms with Crippen molar-refractivity contribution in [2.24, 2.45) is 0 Å². The molecule has 1 saturated heterocycles. The number of rotatable bonds is 10. The highest BCUT2D eigenvalue weighted by atomic mass is 16.5. The van der Waals surface area contributed by atoms with Gasteiger partial charge in [-0.3, -0.25) is 14.5 Å². The van der Waals surface area contributed by atoms with Crippen LogP contribution in [0.2, 0.25) is 10.4 Å². The van der Waals surface area contributed by atoms with E-state index >= 15 is 0 Å². The summed E-state index contributed by atoms with van der Waals surface area (Å²) >= 11 is 0. The molecule has 0 aromatic heterocycles. The summed E-state index contributed by atoms with van der Waals surface area (Å²) < 4.78 is 5.45. The van der Waals surface area contributed by atoms with E-state index in [2.05, 4.69) is 39.8 Å². The highest BCUT2D eigenvalue weighted by molar-refractivity contribution is 6.63. The second-order valence-electron chi connectivity index (χ2n) is 13.1. The topological polar surface area (TPSA) is 91.0 Å². The molecule has 208 valence electrons. The molecular weight excluding hydrogens is 508 g/mol. The number of hydrogen-bond acceptors (Lipinski definition) is 6. The summed E-state index contributed by atoms with van der Waals surface area (Å²) in [7, 11) is 14.7. The van der Waals surface area contributed by atoms with Crippen molar-refractivity contribution in [3.05, 3.63) is 64.7 Å². The molecule has 4 rings (SSSR count). The number of aldehydes is 1. The average molecular weight is 547 g/mol. The normalized spacial score (nSPS) is 18.8. The number of carbonyl (C=O) groups excluding carboxylic acids is 3. The highest BCUT2D eigenvalue weighted by Gasteiger charge is 2.63. The maximum absolute atomic E-state index is 14.2. The van der Waals surface area contributed by atoms with E-state index in [0.29, 0.717) is 12.1 Å². The molecule has 2 heterocycles. The number of hydrogen-bond donors (Lipinski definition) is 2. The molecule has 0 spiro atoms. The zero-order valence-electron chi connectivity index (χ0n) is 25.9. The van der Waals surface area contributed by atoms with Crippen LogP contribution in [0.3, 0.4) is 0 Å². The molecule has 0 saturated carbocycles. The number of amides is 2. The van der Waals surface area contributed by atoms with Crippen LogP contribution in [0.15, 0.2) is 42.5 Å². The Morgan fingerprint density at radius 3 is 2.22 bits per heavy atom. The number of nitrogens with zero attached hydrogens (tertiary/aromatic N) is 2. The fourth-order valence-electron chi connectivity index (χ4n) is 6.45. The maximum Gasteiger partial charge on any atom is 0.253 e. The van der Waals surface area contributed by atoms with Crippen LogP contribution in [0.5, 0.6) is 0 Å². The zero-order valence-corrected chi connectivity index (χ0v) is 25.9. The molecule has 15 heteroatoms. The molecule has 2 amide bonds. The molecule has 0 aliphatic carbocycles. The second-order valence-corrected chi connectivity index (χ2v) is 13.1. The van der Waals surface area contributed by atoms with Crippen LogP contribution in [0, 0.1) is 0 Å². The average Bonchev–Trinajstić information content (AvgIpc) is 3.17. The third-order valence-electron chi connectivity index (χ3n) is 9.92. The van der Waals surface area contributed by atoms with Crippen LogP contribution < -0.4 is 10.6 Å². The van der Waals surface area contributed by atoms with Crippen LogP contribution in [0.25, 0.3) is 0 Å². The van der Waals surface area contributed by atoms with Crippen LogP contribution >= 0.6 is 0 Å². The largest absolute Gasteiger partial charge is 0.381 e.